The van der Waals surface area contributed by atoms with Gasteiger partial charge in [0.25, 0.3) is 0 Å². The lowest BCUT2D eigenvalue weighted by atomic mass is 10.1. The van der Waals surface area contributed by atoms with E-state index in [1.807, 2.05) is 31.5 Å². The lowest BCUT2D eigenvalue weighted by molar-refractivity contribution is 0.199. The molecule has 1 heterocycles. The summed E-state index contributed by atoms with van der Waals surface area (Å²) in [4.78, 5) is 4.35. The SMILES string of the molecule is COCCNCc1ccc(Cl)cc1-n1cnc(C)c1C. The average molecular weight is 294 g/mol. The Morgan fingerprint density at radius 2 is 2.15 bits per heavy atom. The molecule has 108 valence electrons. The summed E-state index contributed by atoms with van der Waals surface area (Å²) in [6.45, 7) is 6.36. The summed E-state index contributed by atoms with van der Waals surface area (Å²) >= 11 is 6.14. The number of ether oxygens (including phenoxy) is 1. The zero-order valence-electron chi connectivity index (χ0n) is 12.1. The van der Waals surface area contributed by atoms with E-state index < -0.39 is 0 Å². The zero-order valence-corrected chi connectivity index (χ0v) is 12.9. The first-order valence-electron chi connectivity index (χ1n) is 6.62. The molecule has 5 heteroatoms. The Morgan fingerprint density at radius 1 is 1.35 bits per heavy atom. The molecule has 0 aliphatic rings. The third-order valence-corrected chi connectivity index (χ3v) is 3.59. The molecule has 0 saturated carbocycles. The number of aromatic nitrogens is 2. The highest BCUT2D eigenvalue weighted by atomic mass is 35.5. The number of hydrogen-bond donors (Lipinski definition) is 1. The van der Waals surface area contributed by atoms with Gasteiger partial charge >= 0.3 is 0 Å². The van der Waals surface area contributed by atoms with Gasteiger partial charge in [0.2, 0.25) is 0 Å². The molecule has 0 aliphatic heterocycles. The molecule has 1 aromatic carbocycles. The number of rotatable bonds is 6. The molecule has 0 amide bonds. The largest absolute Gasteiger partial charge is 0.383 e. The average Bonchev–Trinajstić information content (AvgIpc) is 2.76. The molecule has 0 aliphatic carbocycles. The number of halogens is 1. The van der Waals surface area contributed by atoms with Crippen molar-refractivity contribution in [3.8, 4) is 5.69 Å². The van der Waals surface area contributed by atoms with E-state index in [0.29, 0.717) is 6.61 Å². The minimum absolute atomic E-state index is 0.701. The van der Waals surface area contributed by atoms with Crippen molar-refractivity contribution in [3.05, 3.63) is 46.5 Å². The van der Waals surface area contributed by atoms with Crippen molar-refractivity contribution in [2.24, 2.45) is 0 Å². The van der Waals surface area contributed by atoms with Crippen LogP contribution >= 0.6 is 11.6 Å². The van der Waals surface area contributed by atoms with Crippen molar-refractivity contribution in [2.45, 2.75) is 20.4 Å². The van der Waals surface area contributed by atoms with Crippen molar-refractivity contribution < 1.29 is 4.74 Å². The second-order valence-electron chi connectivity index (χ2n) is 4.73. The number of nitrogens with zero attached hydrogens (tertiary/aromatic N) is 2. The van der Waals surface area contributed by atoms with E-state index >= 15 is 0 Å². The first-order valence-corrected chi connectivity index (χ1v) is 7.00. The Balaban J connectivity index is 2.26. The van der Waals surface area contributed by atoms with Crippen LogP contribution in [0.3, 0.4) is 0 Å². The van der Waals surface area contributed by atoms with Crippen LogP contribution in [0.2, 0.25) is 5.02 Å². The molecule has 2 rings (SSSR count). The summed E-state index contributed by atoms with van der Waals surface area (Å²) < 4.78 is 7.12. The van der Waals surface area contributed by atoms with Crippen LogP contribution in [0.25, 0.3) is 5.69 Å². The van der Waals surface area contributed by atoms with E-state index in [1.165, 1.54) is 5.56 Å². The molecule has 0 fully saturated rings. The fourth-order valence-electron chi connectivity index (χ4n) is 2.05. The van der Waals surface area contributed by atoms with Gasteiger partial charge < -0.3 is 14.6 Å². The van der Waals surface area contributed by atoms with Crippen molar-refractivity contribution >= 4 is 11.6 Å². The van der Waals surface area contributed by atoms with E-state index in [9.17, 15) is 0 Å². The zero-order chi connectivity index (χ0) is 14.5. The summed E-state index contributed by atoms with van der Waals surface area (Å²) in [5.41, 5.74) is 4.42. The summed E-state index contributed by atoms with van der Waals surface area (Å²) in [5, 5.41) is 4.08. The lowest BCUT2D eigenvalue weighted by Gasteiger charge is -2.13. The van der Waals surface area contributed by atoms with Crippen LogP contribution in [-0.2, 0) is 11.3 Å². The smallest absolute Gasteiger partial charge is 0.0997 e. The predicted octanol–water partition coefficient (Wildman–Crippen LogP) is 2.88. The first kappa shape index (κ1) is 15.0. The fraction of sp³-hybridized carbons (Fsp3) is 0.400. The molecule has 0 radical (unpaired) electrons. The van der Waals surface area contributed by atoms with Gasteiger partial charge in [-0.25, -0.2) is 4.98 Å². The third-order valence-electron chi connectivity index (χ3n) is 3.36. The van der Waals surface area contributed by atoms with Gasteiger partial charge in [0.15, 0.2) is 0 Å². The van der Waals surface area contributed by atoms with E-state index in [4.69, 9.17) is 16.3 Å². The number of methoxy groups -OCH3 is 1. The molecule has 0 unspecified atom stereocenters. The summed E-state index contributed by atoms with van der Waals surface area (Å²) in [5.74, 6) is 0. The Labute approximate surface area is 124 Å². The second kappa shape index (κ2) is 6.88. The molecule has 0 spiro atoms. The van der Waals surface area contributed by atoms with Gasteiger partial charge in [0.05, 0.1) is 24.3 Å². The van der Waals surface area contributed by atoms with Crippen LogP contribution < -0.4 is 5.32 Å². The number of hydrogen-bond acceptors (Lipinski definition) is 3. The first-order chi connectivity index (χ1) is 9.63. The monoisotopic (exact) mass is 293 g/mol. The normalized spacial score (nSPS) is 11.0. The maximum atomic E-state index is 6.14. The molecule has 0 saturated heterocycles. The second-order valence-corrected chi connectivity index (χ2v) is 5.16. The van der Waals surface area contributed by atoms with Gasteiger partial charge in [-0.3, -0.25) is 0 Å². The lowest BCUT2D eigenvalue weighted by Crippen LogP contribution is -2.19. The van der Waals surface area contributed by atoms with E-state index in [1.54, 1.807) is 7.11 Å². The topological polar surface area (TPSA) is 39.1 Å². The molecule has 0 atom stereocenters. The number of aryl methyl sites for hydroxylation is 1. The van der Waals surface area contributed by atoms with Crippen molar-refractivity contribution in [3.63, 3.8) is 0 Å². The van der Waals surface area contributed by atoms with E-state index in [0.717, 1.165) is 35.2 Å². The van der Waals surface area contributed by atoms with Crippen LogP contribution in [0.5, 0.6) is 0 Å². The van der Waals surface area contributed by atoms with Crippen molar-refractivity contribution in [1.82, 2.24) is 14.9 Å². The van der Waals surface area contributed by atoms with Crippen molar-refractivity contribution in [2.75, 3.05) is 20.3 Å². The highest BCUT2D eigenvalue weighted by Crippen LogP contribution is 2.22. The van der Waals surface area contributed by atoms with E-state index in [-0.39, 0.29) is 0 Å². The molecule has 0 bridgehead atoms. The molecule has 20 heavy (non-hydrogen) atoms. The van der Waals surface area contributed by atoms with Gasteiger partial charge in [-0.2, -0.15) is 0 Å². The highest BCUT2D eigenvalue weighted by Gasteiger charge is 2.09. The van der Waals surface area contributed by atoms with Gasteiger partial charge in [0, 0.05) is 30.9 Å². The maximum Gasteiger partial charge on any atom is 0.0997 e. The Hall–Kier alpha value is -1.36. The predicted molar refractivity (Wildman–Crippen MR) is 81.6 cm³/mol. The Morgan fingerprint density at radius 3 is 2.80 bits per heavy atom. The minimum Gasteiger partial charge on any atom is -0.383 e. The van der Waals surface area contributed by atoms with E-state index in [2.05, 4.69) is 21.8 Å². The van der Waals surface area contributed by atoms with Gasteiger partial charge in [-0.05, 0) is 31.5 Å². The van der Waals surface area contributed by atoms with Crippen LogP contribution in [0.4, 0.5) is 0 Å². The molecule has 1 N–H and O–H groups in total. The Bertz CT molecular complexity index is 580. The summed E-state index contributed by atoms with van der Waals surface area (Å²) in [6, 6.07) is 5.94. The fourth-order valence-corrected chi connectivity index (χ4v) is 2.22. The summed E-state index contributed by atoms with van der Waals surface area (Å²) in [7, 11) is 1.70. The summed E-state index contributed by atoms with van der Waals surface area (Å²) in [6.07, 6.45) is 1.84. The molecule has 2 aromatic rings. The molecule has 4 nitrogen and oxygen atoms in total. The maximum absolute atomic E-state index is 6.14. The quantitative estimate of drug-likeness (QED) is 0.833. The van der Waals surface area contributed by atoms with Crippen LogP contribution in [0, 0.1) is 13.8 Å². The standard InChI is InChI=1S/C15H20ClN3O/c1-11-12(2)19(10-18-11)15-8-14(16)5-4-13(15)9-17-6-7-20-3/h4-5,8,10,17H,6-7,9H2,1-3H3. The number of nitrogens with one attached hydrogen (secondary N) is 1. The third kappa shape index (κ3) is 3.39. The minimum atomic E-state index is 0.701. The van der Waals surface area contributed by atoms with Crippen LogP contribution in [-0.4, -0.2) is 29.8 Å². The Kier molecular flexibility index (Phi) is 5.17. The van der Waals surface area contributed by atoms with Gasteiger partial charge in [-0.1, -0.05) is 17.7 Å². The van der Waals surface area contributed by atoms with Gasteiger partial charge in [-0.15, -0.1) is 0 Å². The van der Waals surface area contributed by atoms with Crippen LogP contribution in [0.15, 0.2) is 24.5 Å². The molecular weight excluding hydrogens is 274 g/mol. The van der Waals surface area contributed by atoms with Crippen molar-refractivity contribution in [1.29, 1.82) is 0 Å². The number of benzene rings is 1. The molecular formula is C15H20ClN3O. The van der Waals surface area contributed by atoms with Gasteiger partial charge in [0.1, 0.15) is 0 Å². The number of imidazole rings is 1. The molecule has 1 aromatic heterocycles. The highest BCUT2D eigenvalue weighted by molar-refractivity contribution is 6.30. The van der Waals surface area contributed by atoms with Crippen LogP contribution in [0.1, 0.15) is 17.0 Å².